The maximum Gasteiger partial charge on any atom is 0.259 e. The smallest absolute Gasteiger partial charge is 0.259 e. The molecule has 2 rings (SSSR count). The Morgan fingerprint density at radius 3 is 2.68 bits per heavy atom. The molecule has 1 aliphatic rings. The highest BCUT2D eigenvalue weighted by Gasteiger charge is 2.42. The molecule has 2 N–H and O–H groups in total. The van der Waals surface area contributed by atoms with Crippen molar-refractivity contribution in [2.75, 3.05) is 13.2 Å². The molecule has 1 fully saturated rings. The summed E-state index contributed by atoms with van der Waals surface area (Å²) >= 11 is 0. The fraction of sp³-hybridized carbons (Fsp3) is 0.533. The normalized spacial score (nSPS) is 22.3. The molecule has 1 aromatic carbocycles. The monoisotopic (exact) mass is 263 g/mol. The van der Waals surface area contributed by atoms with Crippen LogP contribution in [0.1, 0.15) is 31.7 Å². The van der Waals surface area contributed by atoms with Crippen molar-refractivity contribution in [3.8, 4) is 0 Å². The third-order valence-corrected chi connectivity index (χ3v) is 3.97. The van der Waals surface area contributed by atoms with Gasteiger partial charge in [-0.3, -0.25) is 4.79 Å². The molecule has 0 radical (unpaired) electrons. The van der Waals surface area contributed by atoms with Gasteiger partial charge in [-0.15, -0.1) is 0 Å². The van der Waals surface area contributed by atoms with Crippen LogP contribution in [-0.4, -0.2) is 40.2 Å². The number of aliphatic hydroxyl groups is 2. The Labute approximate surface area is 113 Å². The molecule has 1 saturated heterocycles. The second kappa shape index (κ2) is 5.72. The minimum atomic E-state index is -1.49. The zero-order valence-corrected chi connectivity index (χ0v) is 11.2. The molecule has 1 heterocycles. The summed E-state index contributed by atoms with van der Waals surface area (Å²) in [4.78, 5) is 14.3. The molecule has 1 aromatic rings. The van der Waals surface area contributed by atoms with E-state index in [0.29, 0.717) is 18.5 Å². The maximum atomic E-state index is 12.6. The summed E-state index contributed by atoms with van der Waals surface area (Å²) < 4.78 is 0. The van der Waals surface area contributed by atoms with Crippen LogP contribution in [0.25, 0.3) is 0 Å². The van der Waals surface area contributed by atoms with Gasteiger partial charge in [-0.1, -0.05) is 37.3 Å². The third kappa shape index (κ3) is 2.51. The molecule has 0 aromatic heterocycles. The van der Waals surface area contributed by atoms with E-state index in [1.165, 1.54) is 0 Å². The molecular weight excluding hydrogens is 242 g/mol. The third-order valence-electron chi connectivity index (χ3n) is 3.97. The van der Waals surface area contributed by atoms with E-state index in [4.69, 9.17) is 0 Å². The van der Waals surface area contributed by atoms with Crippen LogP contribution in [0.3, 0.4) is 0 Å². The average Bonchev–Trinajstić information content (AvgIpc) is 2.94. The highest BCUT2D eigenvalue weighted by Crippen LogP contribution is 2.30. The fourth-order valence-electron chi connectivity index (χ4n) is 2.72. The number of hydrogen-bond donors (Lipinski definition) is 2. The lowest BCUT2D eigenvalue weighted by atomic mass is 9.89. The Hall–Kier alpha value is -1.39. The van der Waals surface area contributed by atoms with Crippen LogP contribution in [-0.2, 0) is 10.4 Å². The standard InChI is InChI=1S/C15H21NO3/c1-2-15(19,12-7-4-3-5-8-12)14(18)16-10-6-9-13(16)11-17/h3-5,7-8,13,17,19H,2,6,9-11H2,1H3/t13-,15+/m0/s1. The lowest BCUT2D eigenvalue weighted by molar-refractivity contribution is -0.154. The van der Waals surface area contributed by atoms with Crippen LogP contribution in [0.5, 0.6) is 0 Å². The van der Waals surface area contributed by atoms with E-state index in [0.717, 1.165) is 12.8 Å². The first-order chi connectivity index (χ1) is 9.13. The number of carbonyl (C=O) groups is 1. The molecule has 4 nitrogen and oxygen atoms in total. The first kappa shape index (κ1) is 14.0. The summed E-state index contributed by atoms with van der Waals surface area (Å²) in [5.41, 5.74) is -0.870. The zero-order chi connectivity index (χ0) is 13.9. The van der Waals surface area contributed by atoms with Crippen LogP contribution >= 0.6 is 0 Å². The first-order valence-electron chi connectivity index (χ1n) is 6.83. The van der Waals surface area contributed by atoms with E-state index in [9.17, 15) is 15.0 Å². The van der Waals surface area contributed by atoms with Crippen molar-refractivity contribution in [1.29, 1.82) is 0 Å². The number of carbonyl (C=O) groups excluding carboxylic acids is 1. The lowest BCUT2D eigenvalue weighted by Crippen LogP contribution is -2.49. The summed E-state index contributed by atoms with van der Waals surface area (Å²) in [5, 5.41) is 20.1. The van der Waals surface area contributed by atoms with Crippen molar-refractivity contribution in [3.05, 3.63) is 35.9 Å². The molecule has 0 aliphatic carbocycles. The molecule has 0 saturated carbocycles. The van der Waals surface area contributed by atoms with Crippen LogP contribution in [0.2, 0.25) is 0 Å². The number of amides is 1. The van der Waals surface area contributed by atoms with Crippen LogP contribution in [0, 0.1) is 0 Å². The van der Waals surface area contributed by atoms with E-state index in [2.05, 4.69) is 0 Å². The number of hydrogen-bond acceptors (Lipinski definition) is 3. The number of benzene rings is 1. The van der Waals surface area contributed by atoms with Crippen molar-refractivity contribution in [1.82, 2.24) is 4.90 Å². The topological polar surface area (TPSA) is 60.8 Å². The molecule has 19 heavy (non-hydrogen) atoms. The molecule has 104 valence electrons. The summed E-state index contributed by atoms with van der Waals surface area (Å²) in [6.07, 6.45) is 2.01. The van der Waals surface area contributed by atoms with Gasteiger partial charge in [0.25, 0.3) is 5.91 Å². The van der Waals surface area contributed by atoms with Crippen molar-refractivity contribution >= 4 is 5.91 Å². The SMILES string of the molecule is CC[C@](O)(C(=O)N1CCC[C@H]1CO)c1ccccc1. The number of rotatable bonds is 4. The highest BCUT2D eigenvalue weighted by molar-refractivity contribution is 5.86. The fourth-order valence-corrected chi connectivity index (χ4v) is 2.72. The number of nitrogens with zero attached hydrogens (tertiary/aromatic N) is 1. The quantitative estimate of drug-likeness (QED) is 0.860. The molecule has 1 amide bonds. The number of aliphatic hydroxyl groups excluding tert-OH is 1. The van der Waals surface area contributed by atoms with Gasteiger partial charge in [0.1, 0.15) is 0 Å². The molecular formula is C15H21NO3. The molecule has 0 spiro atoms. The molecule has 1 aliphatic heterocycles. The molecule has 0 unspecified atom stereocenters. The van der Waals surface area contributed by atoms with Gasteiger partial charge in [0.15, 0.2) is 5.60 Å². The van der Waals surface area contributed by atoms with E-state index in [1.807, 2.05) is 18.2 Å². The van der Waals surface area contributed by atoms with Crippen LogP contribution in [0.15, 0.2) is 30.3 Å². The average molecular weight is 263 g/mol. The minimum Gasteiger partial charge on any atom is -0.394 e. The summed E-state index contributed by atoms with van der Waals surface area (Å²) in [5.74, 6) is -0.294. The molecule has 0 bridgehead atoms. The van der Waals surface area contributed by atoms with Crippen molar-refractivity contribution < 1.29 is 15.0 Å². The summed E-state index contributed by atoms with van der Waals surface area (Å²) in [7, 11) is 0. The van der Waals surface area contributed by atoms with Crippen molar-refractivity contribution in [3.63, 3.8) is 0 Å². The Balaban J connectivity index is 2.28. The maximum absolute atomic E-state index is 12.6. The Morgan fingerprint density at radius 1 is 1.42 bits per heavy atom. The van der Waals surface area contributed by atoms with E-state index >= 15 is 0 Å². The first-order valence-corrected chi connectivity index (χ1v) is 6.83. The van der Waals surface area contributed by atoms with E-state index in [-0.39, 0.29) is 18.6 Å². The predicted octanol–water partition coefficient (Wildman–Crippen LogP) is 1.27. The van der Waals surface area contributed by atoms with Gasteiger partial charge in [-0.05, 0) is 24.8 Å². The molecule has 4 heteroatoms. The van der Waals surface area contributed by atoms with Gasteiger partial charge in [0, 0.05) is 6.54 Å². The van der Waals surface area contributed by atoms with Gasteiger partial charge >= 0.3 is 0 Å². The number of likely N-dealkylation sites (tertiary alicyclic amines) is 1. The van der Waals surface area contributed by atoms with E-state index in [1.54, 1.807) is 24.0 Å². The van der Waals surface area contributed by atoms with Crippen molar-refractivity contribution in [2.24, 2.45) is 0 Å². The van der Waals surface area contributed by atoms with Crippen LogP contribution < -0.4 is 0 Å². The van der Waals surface area contributed by atoms with Gasteiger partial charge < -0.3 is 15.1 Å². The Morgan fingerprint density at radius 2 is 2.11 bits per heavy atom. The summed E-state index contributed by atoms with van der Waals surface area (Å²) in [6.45, 7) is 2.37. The zero-order valence-electron chi connectivity index (χ0n) is 11.2. The van der Waals surface area contributed by atoms with E-state index < -0.39 is 5.60 Å². The second-order valence-corrected chi connectivity index (χ2v) is 5.06. The second-order valence-electron chi connectivity index (χ2n) is 5.06. The van der Waals surface area contributed by atoms with Crippen molar-refractivity contribution in [2.45, 2.75) is 37.8 Å². The molecule has 2 atom stereocenters. The largest absolute Gasteiger partial charge is 0.394 e. The van der Waals surface area contributed by atoms with Gasteiger partial charge in [-0.25, -0.2) is 0 Å². The Bertz CT molecular complexity index is 434. The van der Waals surface area contributed by atoms with Gasteiger partial charge in [-0.2, -0.15) is 0 Å². The van der Waals surface area contributed by atoms with Gasteiger partial charge in [0.05, 0.1) is 12.6 Å². The highest BCUT2D eigenvalue weighted by atomic mass is 16.3. The lowest BCUT2D eigenvalue weighted by Gasteiger charge is -2.33. The predicted molar refractivity (Wildman–Crippen MR) is 72.5 cm³/mol. The van der Waals surface area contributed by atoms with Crippen LogP contribution in [0.4, 0.5) is 0 Å². The Kier molecular flexibility index (Phi) is 4.22. The van der Waals surface area contributed by atoms with Gasteiger partial charge in [0.2, 0.25) is 0 Å². The summed E-state index contributed by atoms with van der Waals surface area (Å²) in [6, 6.07) is 8.87. The minimum absolute atomic E-state index is 0.0413.